The van der Waals surface area contributed by atoms with Crippen molar-refractivity contribution in [2.24, 2.45) is 0 Å². The molecule has 1 unspecified atom stereocenters. The zero-order chi connectivity index (χ0) is 14.2. The first kappa shape index (κ1) is 14.3. The topological polar surface area (TPSA) is 42.2 Å². The SMILES string of the molecule is Cc1cc(C(C)NC(=O)c2cc(C)c(Br)s2)c(C)o1. The largest absolute Gasteiger partial charge is 0.466 e. The van der Waals surface area contributed by atoms with E-state index in [-0.39, 0.29) is 11.9 Å². The molecule has 0 aromatic carbocycles. The Hall–Kier alpha value is -1.07. The van der Waals surface area contributed by atoms with Crippen molar-refractivity contribution >= 4 is 33.2 Å². The van der Waals surface area contributed by atoms with Crippen LogP contribution >= 0.6 is 27.3 Å². The molecular weight excluding hydrogens is 326 g/mol. The highest BCUT2D eigenvalue weighted by Gasteiger charge is 2.17. The fourth-order valence-corrected chi connectivity index (χ4v) is 3.44. The Morgan fingerprint density at radius 2 is 2.05 bits per heavy atom. The Bertz CT molecular complexity index is 595. The molecular formula is C14H16BrNO2S. The van der Waals surface area contributed by atoms with Crippen molar-refractivity contribution in [3.05, 3.63) is 43.4 Å². The molecule has 2 heterocycles. The third-order valence-corrected chi connectivity index (χ3v) is 5.11. The molecule has 2 aromatic heterocycles. The molecule has 3 nitrogen and oxygen atoms in total. The van der Waals surface area contributed by atoms with Crippen LogP contribution in [0, 0.1) is 20.8 Å². The van der Waals surface area contributed by atoms with E-state index in [0.29, 0.717) is 4.88 Å². The molecule has 0 aliphatic rings. The summed E-state index contributed by atoms with van der Waals surface area (Å²) in [6.07, 6.45) is 0. The molecule has 5 heteroatoms. The van der Waals surface area contributed by atoms with Crippen molar-refractivity contribution in [1.29, 1.82) is 0 Å². The highest BCUT2D eigenvalue weighted by Crippen LogP contribution is 2.28. The Morgan fingerprint density at radius 1 is 1.37 bits per heavy atom. The average molecular weight is 342 g/mol. The highest BCUT2D eigenvalue weighted by atomic mass is 79.9. The standard InChI is InChI=1S/C14H16BrNO2S/c1-7-5-12(19-13(7)15)14(17)16-9(3)11-6-8(2)18-10(11)4/h5-6,9H,1-4H3,(H,16,17). The molecule has 0 fully saturated rings. The summed E-state index contributed by atoms with van der Waals surface area (Å²) in [5.74, 6) is 1.67. The molecule has 1 amide bonds. The maximum absolute atomic E-state index is 12.2. The van der Waals surface area contributed by atoms with Crippen LogP contribution in [0.3, 0.4) is 0 Å². The summed E-state index contributed by atoms with van der Waals surface area (Å²) in [4.78, 5) is 12.9. The summed E-state index contributed by atoms with van der Waals surface area (Å²) in [5.41, 5.74) is 2.11. The first-order valence-electron chi connectivity index (χ1n) is 6.02. The van der Waals surface area contributed by atoms with Gasteiger partial charge < -0.3 is 9.73 Å². The molecule has 0 saturated heterocycles. The van der Waals surface area contributed by atoms with Gasteiger partial charge in [0.1, 0.15) is 11.5 Å². The van der Waals surface area contributed by atoms with Crippen molar-refractivity contribution in [3.8, 4) is 0 Å². The fraction of sp³-hybridized carbons (Fsp3) is 0.357. The van der Waals surface area contributed by atoms with E-state index >= 15 is 0 Å². The molecule has 0 radical (unpaired) electrons. The maximum Gasteiger partial charge on any atom is 0.261 e. The predicted molar refractivity (Wildman–Crippen MR) is 80.8 cm³/mol. The molecule has 0 aliphatic carbocycles. The van der Waals surface area contributed by atoms with Crippen molar-refractivity contribution < 1.29 is 9.21 Å². The second-order valence-electron chi connectivity index (χ2n) is 4.63. The summed E-state index contributed by atoms with van der Waals surface area (Å²) in [6, 6.07) is 3.80. The molecule has 1 N–H and O–H groups in total. The number of hydrogen-bond acceptors (Lipinski definition) is 3. The first-order chi connectivity index (χ1) is 8.88. The van der Waals surface area contributed by atoms with Crippen molar-refractivity contribution in [2.75, 3.05) is 0 Å². The first-order valence-corrected chi connectivity index (χ1v) is 7.63. The van der Waals surface area contributed by atoms with Crippen molar-refractivity contribution in [3.63, 3.8) is 0 Å². The van der Waals surface area contributed by atoms with Gasteiger partial charge in [0.15, 0.2) is 0 Å². The Balaban J connectivity index is 2.12. The van der Waals surface area contributed by atoms with Crippen molar-refractivity contribution in [2.45, 2.75) is 33.7 Å². The molecule has 102 valence electrons. The maximum atomic E-state index is 12.2. The molecule has 2 rings (SSSR count). The minimum absolute atomic E-state index is 0.0513. The lowest BCUT2D eigenvalue weighted by atomic mass is 10.1. The van der Waals surface area contributed by atoms with Crippen LogP contribution in [0.25, 0.3) is 0 Å². The number of furan rings is 1. The van der Waals surface area contributed by atoms with Gasteiger partial charge in [-0.1, -0.05) is 0 Å². The number of rotatable bonds is 3. The van der Waals surface area contributed by atoms with E-state index in [1.54, 1.807) is 0 Å². The van der Waals surface area contributed by atoms with Gasteiger partial charge in [0.25, 0.3) is 5.91 Å². The summed E-state index contributed by atoms with van der Waals surface area (Å²) < 4.78 is 6.49. The van der Waals surface area contributed by atoms with E-state index in [2.05, 4.69) is 21.2 Å². The summed E-state index contributed by atoms with van der Waals surface area (Å²) in [5, 5.41) is 3.00. The Morgan fingerprint density at radius 3 is 2.53 bits per heavy atom. The third-order valence-electron chi connectivity index (χ3n) is 2.97. The van der Waals surface area contributed by atoms with Gasteiger partial charge in [-0.2, -0.15) is 0 Å². The molecule has 1 atom stereocenters. The second kappa shape index (κ2) is 5.51. The van der Waals surface area contributed by atoms with Crippen LogP contribution < -0.4 is 5.32 Å². The predicted octanol–water partition coefficient (Wildman–Crippen LogP) is 4.52. The molecule has 0 spiro atoms. The summed E-state index contributed by atoms with van der Waals surface area (Å²) in [6.45, 7) is 7.76. The zero-order valence-corrected chi connectivity index (χ0v) is 13.7. The Kier molecular flexibility index (Phi) is 4.16. The van der Waals surface area contributed by atoms with E-state index < -0.39 is 0 Å². The molecule has 0 aliphatic heterocycles. The van der Waals surface area contributed by atoms with E-state index in [9.17, 15) is 4.79 Å². The lowest BCUT2D eigenvalue weighted by Crippen LogP contribution is -2.26. The number of nitrogens with one attached hydrogen (secondary N) is 1. The van der Waals surface area contributed by atoms with Gasteiger partial charge in [0.05, 0.1) is 14.7 Å². The normalized spacial score (nSPS) is 12.5. The highest BCUT2D eigenvalue weighted by molar-refractivity contribution is 9.11. The fourth-order valence-electron chi connectivity index (χ4n) is 2.00. The molecule has 0 saturated carbocycles. The van der Waals surface area contributed by atoms with Crippen LogP contribution in [0.5, 0.6) is 0 Å². The van der Waals surface area contributed by atoms with Crippen LogP contribution in [-0.4, -0.2) is 5.91 Å². The summed E-state index contributed by atoms with van der Waals surface area (Å²) in [7, 11) is 0. The Labute approximate surface area is 125 Å². The second-order valence-corrected chi connectivity index (χ2v) is 7.00. The van der Waals surface area contributed by atoms with Gasteiger partial charge in [-0.05, 0) is 61.3 Å². The molecule has 2 aromatic rings. The lowest BCUT2D eigenvalue weighted by Gasteiger charge is -2.12. The van der Waals surface area contributed by atoms with Crippen LogP contribution in [0.4, 0.5) is 0 Å². The van der Waals surface area contributed by atoms with Gasteiger partial charge in [-0.15, -0.1) is 11.3 Å². The van der Waals surface area contributed by atoms with Gasteiger partial charge in [-0.25, -0.2) is 0 Å². The molecule has 0 bridgehead atoms. The minimum atomic E-state index is -0.0638. The number of thiophene rings is 1. The number of hydrogen-bond donors (Lipinski definition) is 1. The number of aryl methyl sites for hydroxylation is 3. The van der Waals surface area contributed by atoms with Crippen LogP contribution in [0.2, 0.25) is 0 Å². The van der Waals surface area contributed by atoms with Gasteiger partial charge >= 0.3 is 0 Å². The number of amides is 1. The number of carbonyl (C=O) groups excluding carboxylic acids is 1. The smallest absolute Gasteiger partial charge is 0.261 e. The quantitative estimate of drug-likeness (QED) is 0.891. The van der Waals surface area contributed by atoms with E-state index in [4.69, 9.17) is 4.42 Å². The number of carbonyl (C=O) groups is 1. The number of halogens is 1. The summed E-state index contributed by atoms with van der Waals surface area (Å²) >= 11 is 4.88. The average Bonchev–Trinajstić information content (AvgIpc) is 2.82. The molecule has 19 heavy (non-hydrogen) atoms. The third kappa shape index (κ3) is 3.09. The van der Waals surface area contributed by atoms with Gasteiger partial charge in [0.2, 0.25) is 0 Å². The van der Waals surface area contributed by atoms with Gasteiger partial charge in [0, 0.05) is 5.56 Å². The van der Waals surface area contributed by atoms with Crippen LogP contribution in [-0.2, 0) is 0 Å². The lowest BCUT2D eigenvalue weighted by molar-refractivity contribution is 0.0944. The van der Waals surface area contributed by atoms with E-state index in [1.807, 2.05) is 39.8 Å². The van der Waals surface area contributed by atoms with Crippen LogP contribution in [0.15, 0.2) is 20.3 Å². The van der Waals surface area contributed by atoms with Crippen molar-refractivity contribution in [1.82, 2.24) is 5.32 Å². The van der Waals surface area contributed by atoms with Crippen LogP contribution in [0.1, 0.15) is 45.3 Å². The van der Waals surface area contributed by atoms with E-state index in [1.165, 1.54) is 11.3 Å². The van der Waals surface area contributed by atoms with E-state index in [0.717, 1.165) is 26.4 Å². The monoisotopic (exact) mass is 341 g/mol. The van der Waals surface area contributed by atoms with Gasteiger partial charge in [-0.3, -0.25) is 4.79 Å². The minimum Gasteiger partial charge on any atom is -0.466 e. The zero-order valence-electron chi connectivity index (χ0n) is 11.3.